The van der Waals surface area contributed by atoms with Crippen molar-refractivity contribution in [1.82, 2.24) is 9.88 Å². The number of hydrogen-bond donors (Lipinski definition) is 1. The average molecular weight is 361 g/mol. The molecule has 0 spiro atoms. The third-order valence-corrected chi connectivity index (χ3v) is 5.53. The van der Waals surface area contributed by atoms with E-state index < -0.39 is 0 Å². The molecule has 2 aliphatic heterocycles. The first-order valence-corrected chi connectivity index (χ1v) is 9.99. The van der Waals surface area contributed by atoms with Crippen LogP contribution in [-0.4, -0.2) is 61.2 Å². The van der Waals surface area contributed by atoms with Crippen molar-refractivity contribution >= 4 is 11.7 Å². The monoisotopic (exact) mass is 360 g/mol. The number of carbonyl (C=O) groups is 1. The maximum Gasteiger partial charge on any atom is 0.255 e. The van der Waals surface area contributed by atoms with Crippen LogP contribution in [0.4, 0.5) is 5.82 Å². The molecule has 1 aromatic heterocycles. The minimum Gasteiger partial charge on any atom is -0.378 e. The molecule has 1 aromatic rings. The van der Waals surface area contributed by atoms with Crippen molar-refractivity contribution in [3.8, 4) is 0 Å². The van der Waals surface area contributed by atoms with Crippen molar-refractivity contribution in [1.29, 1.82) is 0 Å². The molecule has 0 aliphatic carbocycles. The molecule has 2 aliphatic rings. The Morgan fingerprint density at radius 3 is 2.54 bits per heavy atom. The Balaban J connectivity index is 1.49. The third kappa shape index (κ3) is 4.95. The van der Waals surface area contributed by atoms with Crippen molar-refractivity contribution in [2.45, 2.75) is 45.1 Å². The van der Waals surface area contributed by atoms with Crippen LogP contribution in [0.5, 0.6) is 0 Å². The quantitative estimate of drug-likeness (QED) is 0.788. The number of amides is 1. The number of anilines is 1. The number of nitrogens with zero attached hydrogens (tertiary/aromatic N) is 3. The number of rotatable bonds is 6. The van der Waals surface area contributed by atoms with Crippen LogP contribution in [0.1, 0.15) is 49.4 Å². The molecular weight excluding hydrogens is 328 g/mol. The van der Waals surface area contributed by atoms with Crippen LogP contribution in [0.25, 0.3) is 0 Å². The summed E-state index contributed by atoms with van der Waals surface area (Å²) in [5.41, 5.74) is 6.17. The highest BCUT2D eigenvalue weighted by Crippen LogP contribution is 2.22. The van der Waals surface area contributed by atoms with Gasteiger partial charge in [0.1, 0.15) is 5.82 Å². The average Bonchev–Trinajstić information content (AvgIpc) is 2.69. The van der Waals surface area contributed by atoms with Gasteiger partial charge in [0.25, 0.3) is 5.91 Å². The van der Waals surface area contributed by atoms with Crippen LogP contribution in [0.2, 0.25) is 0 Å². The summed E-state index contributed by atoms with van der Waals surface area (Å²) in [6, 6.07) is 3.92. The molecule has 2 saturated heterocycles. The van der Waals surface area contributed by atoms with Crippen LogP contribution in [0.15, 0.2) is 18.3 Å². The molecule has 0 atom stereocenters. The smallest absolute Gasteiger partial charge is 0.255 e. The maximum absolute atomic E-state index is 12.7. The second kappa shape index (κ2) is 9.33. The summed E-state index contributed by atoms with van der Waals surface area (Å²) in [6.45, 7) is 7.29. The molecule has 0 aromatic carbocycles. The van der Waals surface area contributed by atoms with Gasteiger partial charge >= 0.3 is 0 Å². The zero-order valence-electron chi connectivity index (χ0n) is 15.9. The van der Waals surface area contributed by atoms with E-state index >= 15 is 0 Å². The van der Waals surface area contributed by atoms with Gasteiger partial charge < -0.3 is 20.3 Å². The van der Waals surface area contributed by atoms with Gasteiger partial charge in [0, 0.05) is 39.0 Å². The lowest BCUT2D eigenvalue weighted by Crippen LogP contribution is -2.41. The highest BCUT2D eigenvalue weighted by Gasteiger charge is 2.24. The van der Waals surface area contributed by atoms with Gasteiger partial charge in [-0.1, -0.05) is 6.92 Å². The van der Waals surface area contributed by atoms with E-state index in [4.69, 9.17) is 10.5 Å². The maximum atomic E-state index is 12.7. The van der Waals surface area contributed by atoms with Crippen LogP contribution in [0, 0.1) is 5.92 Å². The summed E-state index contributed by atoms with van der Waals surface area (Å²) in [5, 5.41) is 0. The van der Waals surface area contributed by atoms with Gasteiger partial charge in [-0.15, -0.1) is 0 Å². The van der Waals surface area contributed by atoms with E-state index in [1.165, 1.54) is 12.8 Å². The van der Waals surface area contributed by atoms with Gasteiger partial charge in [0.05, 0.1) is 11.7 Å². The Hall–Kier alpha value is -1.66. The summed E-state index contributed by atoms with van der Waals surface area (Å²) in [6.07, 6.45) is 7.11. The molecule has 0 saturated carbocycles. The Bertz CT molecular complexity index is 562. The lowest BCUT2D eigenvalue weighted by molar-refractivity contribution is 0.00844. The van der Waals surface area contributed by atoms with E-state index in [0.717, 1.165) is 63.8 Å². The van der Waals surface area contributed by atoms with E-state index in [-0.39, 0.29) is 12.0 Å². The number of likely N-dealkylation sites (tertiary alicyclic amines) is 1. The van der Waals surface area contributed by atoms with Crippen molar-refractivity contribution in [3.63, 3.8) is 0 Å². The van der Waals surface area contributed by atoms with Gasteiger partial charge in [0.15, 0.2) is 0 Å². The molecule has 6 heteroatoms. The summed E-state index contributed by atoms with van der Waals surface area (Å²) in [4.78, 5) is 21.5. The highest BCUT2D eigenvalue weighted by atomic mass is 16.5. The molecule has 2 fully saturated rings. The van der Waals surface area contributed by atoms with Gasteiger partial charge in [-0.2, -0.15) is 0 Å². The fourth-order valence-corrected chi connectivity index (χ4v) is 3.68. The lowest BCUT2D eigenvalue weighted by atomic mass is 9.99. The number of ether oxygens (including phenoxy) is 1. The van der Waals surface area contributed by atoms with Gasteiger partial charge in [0.2, 0.25) is 0 Å². The standard InChI is InChI=1S/C20H32N4O2/c1-16-5-10-23(11-6-16)19-4-3-17(15-22-19)20(25)24-12-7-18(8-13-24)26-14-2-9-21/h3-4,15-16,18H,2,5-14,21H2,1H3. The zero-order chi connectivity index (χ0) is 18.4. The number of hydrogen-bond acceptors (Lipinski definition) is 5. The Labute approximate surface area is 156 Å². The van der Waals surface area contributed by atoms with E-state index in [0.29, 0.717) is 12.1 Å². The SMILES string of the molecule is CC1CCN(c2ccc(C(=O)N3CCC(OCCCN)CC3)cn2)CC1. The summed E-state index contributed by atoms with van der Waals surface area (Å²) in [5.74, 6) is 1.87. The normalized spacial score (nSPS) is 19.8. The lowest BCUT2D eigenvalue weighted by Gasteiger charge is -2.32. The molecule has 0 bridgehead atoms. The van der Waals surface area contributed by atoms with Crippen molar-refractivity contribution < 1.29 is 9.53 Å². The minimum atomic E-state index is 0.0803. The number of piperidine rings is 2. The van der Waals surface area contributed by atoms with Gasteiger partial charge in [-0.25, -0.2) is 4.98 Å². The molecule has 0 unspecified atom stereocenters. The Morgan fingerprint density at radius 2 is 1.92 bits per heavy atom. The van der Waals surface area contributed by atoms with E-state index in [2.05, 4.69) is 16.8 Å². The minimum absolute atomic E-state index is 0.0803. The topological polar surface area (TPSA) is 71.7 Å². The fourth-order valence-electron chi connectivity index (χ4n) is 3.68. The predicted octanol–water partition coefficient (Wildman–Crippen LogP) is 2.29. The molecule has 1 amide bonds. The van der Waals surface area contributed by atoms with Crippen LogP contribution in [0.3, 0.4) is 0 Å². The van der Waals surface area contributed by atoms with Crippen molar-refractivity contribution in [3.05, 3.63) is 23.9 Å². The molecule has 26 heavy (non-hydrogen) atoms. The van der Waals surface area contributed by atoms with E-state index in [1.54, 1.807) is 6.20 Å². The molecule has 3 rings (SSSR count). The van der Waals surface area contributed by atoms with Crippen LogP contribution < -0.4 is 10.6 Å². The number of pyridine rings is 1. The second-order valence-electron chi connectivity index (χ2n) is 7.58. The first kappa shape index (κ1) is 19.1. The Morgan fingerprint density at radius 1 is 1.19 bits per heavy atom. The molecule has 2 N–H and O–H groups in total. The molecular formula is C20H32N4O2. The largest absolute Gasteiger partial charge is 0.378 e. The summed E-state index contributed by atoms with van der Waals surface area (Å²) < 4.78 is 5.81. The van der Waals surface area contributed by atoms with Crippen LogP contribution >= 0.6 is 0 Å². The number of nitrogens with two attached hydrogens (primary N) is 1. The predicted molar refractivity (Wildman–Crippen MR) is 103 cm³/mol. The van der Waals surface area contributed by atoms with Crippen LogP contribution in [-0.2, 0) is 4.74 Å². The highest BCUT2D eigenvalue weighted by molar-refractivity contribution is 5.94. The number of carbonyl (C=O) groups excluding carboxylic acids is 1. The summed E-state index contributed by atoms with van der Waals surface area (Å²) in [7, 11) is 0. The number of aromatic nitrogens is 1. The Kier molecular flexibility index (Phi) is 6.86. The van der Waals surface area contributed by atoms with E-state index in [1.807, 2.05) is 17.0 Å². The molecule has 0 radical (unpaired) electrons. The van der Waals surface area contributed by atoms with Gasteiger partial charge in [-0.05, 0) is 56.7 Å². The van der Waals surface area contributed by atoms with Gasteiger partial charge in [-0.3, -0.25) is 4.79 Å². The molecule has 6 nitrogen and oxygen atoms in total. The first-order valence-electron chi connectivity index (χ1n) is 9.99. The summed E-state index contributed by atoms with van der Waals surface area (Å²) >= 11 is 0. The van der Waals surface area contributed by atoms with Crippen molar-refractivity contribution in [2.24, 2.45) is 11.7 Å². The van der Waals surface area contributed by atoms with E-state index in [9.17, 15) is 4.79 Å². The van der Waals surface area contributed by atoms with Crippen molar-refractivity contribution in [2.75, 3.05) is 44.2 Å². The second-order valence-corrected chi connectivity index (χ2v) is 7.58. The first-order chi connectivity index (χ1) is 12.7. The third-order valence-electron chi connectivity index (χ3n) is 5.53. The molecule has 3 heterocycles. The molecule has 144 valence electrons. The fraction of sp³-hybridized carbons (Fsp3) is 0.700. The zero-order valence-corrected chi connectivity index (χ0v) is 15.9.